The van der Waals surface area contributed by atoms with Gasteiger partial charge in [-0.05, 0) is 76.4 Å². The molecule has 3 aliphatic rings. The molecule has 3 saturated heterocycles. The van der Waals surface area contributed by atoms with Crippen molar-refractivity contribution in [3.05, 3.63) is 46.9 Å². The second kappa shape index (κ2) is 11.1. The van der Waals surface area contributed by atoms with E-state index in [-0.39, 0.29) is 11.7 Å². The first-order chi connectivity index (χ1) is 20.0. The molecule has 1 amide bonds. The van der Waals surface area contributed by atoms with Gasteiger partial charge in [0.2, 0.25) is 5.95 Å². The van der Waals surface area contributed by atoms with Gasteiger partial charge in [0.05, 0.1) is 0 Å². The van der Waals surface area contributed by atoms with E-state index in [1.807, 2.05) is 43.9 Å². The number of likely N-dealkylation sites (tertiary alicyclic amines) is 1. The quantitative estimate of drug-likeness (QED) is 0.502. The summed E-state index contributed by atoms with van der Waals surface area (Å²) in [7, 11) is 3.92. The van der Waals surface area contributed by atoms with Crippen molar-refractivity contribution in [2.24, 2.45) is 18.9 Å². The molecule has 3 aromatic rings. The van der Waals surface area contributed by atoms with Gasteiger partial charge in [0.25, 0.3) is 5.56 Å². The number of carbonyl (C=O) groups is 1. The first-order valence-corrected chi connectivity index (χ1v) is 14.9. The number of piperazine rings is 1. The molecule has 6 rings (SSSR count). The number of aryl methyl sites for hydroxylation is 1. The van der Waals surface area contributed by atoms with Crippen LogP contribution in [0.5, 0.6) is 0 Å². The average molecular weight is 575 g/mol. The maximum absolute atomic E-state index is 13.5. The Balaban J connectivity index is 1.15. The molecule has 5 heterocycles. The van der Waals surface area contributed by atoms with Crippen molar-refractivity contribution in [3.8, 4) is 0 Å². The molecule has 11 nitrogen and oxygen atoms in total. The van der Waals surface area contributed by atoms with E-state index in [9.17, 15) is 9.59 Å². The minimum absolute atomic E-state index is 0.0795. The molecule has 1 aromatic carbocycles. The van der Waals surface area contributed by atoms with Crippen molar-refractivity contribution in [1.29, 1.82) is 0 Å². The van der Waals surface area contributed by atoms with Crippen LogP contribution in [-0.2, 0) is 11.8 Å². The Bertz CT molecular complexity index is 1510. The van der Waals surface area contributed by atoms with Crippen molar-refractivity contribution in [2.45, 2.75) is 32.8 Å². The van der Waals surface area contributed by atoms with Gasteiger partial charge in [-0.1, -0.05) is 0 Å². The van der Waals surface area contributed by atoms with Crippen LogP contribution in [0.1, 0.15) is 27.2 Å². The number of hydrogen-bond donors (Lipinski definition) is 1. The zero-order valence-electron chi connectivity index (χ0n) is 25.3. The summed E-state index contributed by atoms with van der Waals surface area (Å²) in [6.45, 7) is 12.7. The summed E-state index contributed by atoms with van der Waals surface area (Å²) in [4.78, 5) is 44.2. The highest BCUT2D eigenvalue weighted by atomic mass is 16.6. The van der Waals surface area contributed by atoms with Crippen LogP contribution in [0.2, 0.25) is 0 Å². The molecule has 42 heavy (non-hydrogen) atoms. The van der Waals surface area contributed by atoms with E-state index in [0.29, 0.717) is 42.2 Å². The van der Waals surface area contributed by atoms with Crippen molar-refractivity contribution in [1.82, 2.24) is 24.3 Å². The van der Waals surface area contributed by atoms with Crippen LogP contribution in [0.25, 0.3) is 11.0 Å². The van der Waals surface area contributed by atoms with Gasteiger partial charge in [-0.3, -0.25) is 9.36 Å². The fraction of sp³-hybridized carbons (Fsp3) is 0.548. The topological polar surface area (TPSA) is 99.1 Å². The summed E-state index contributed by atoms with van der Waals surface area (Å²) in [5.41, 5.74) is 2.76. The molecule has 0 saturated carbocycles. The third-order valence-corrected chi connectivity index (χ3v) is 8.72. The number of likely N-dealkylation sites (N-methyl/N-ethyl adjacent to an activating group) is 1. The van der Waals surface area contributed by atoms with Crippen LogP contribution in [-0.4, -0.2) is 95.4 Å². The van der Waals surface area contributed by atoms with E-state index >= 15 is 0 Å². The smallest absolute Gasteiger partial charge is 0.410 e. The minimum Gasteiger partial charge on any atom is -0.444 e. The lowest BCUT2D eigenvalue weighted by molar-refractivity contribution is 0.0285. The van der Waals surface area contributed by atoms with Crippen molar-refractivity contribution < 1.29 is 9.53 Å². The number of piperidine rings is 1. The number of nitrogens with zero attached hydrogens (tertiary/aromatic N) is 7. The second-order valence-electron chi connectivity index (χ2n) is 13.0. The zero-order chi connectivity index (χ0) is 29.6. The Morgan fingerprint density at radius 3 is 2.38 bits per heavy atom. The molecule has 1 unspecified atom stereocenters. The van der Waals surface area contributed by atoms with Crippen LogP contribution in [0.4, 0.5) is 27.8 Å². The molecular weight excluding hydrogens is 532 g/mol. The number of rotatable bonds is 4. The van der Waals surface area contributed by atoms with Crippen LogP contribution in [0.15, 0.2) is 41.3 Å². The normalized spacial score (nSPS) is 21.5. The van der Waals surface area contributed by atoms with Crippen molar-refractivity contribution >= 4 is 40.1 Å². The summed E-state index contributed by atoms with van der Waals surface area (Å²) in [6, 6.07) is 10.2. The van der Waals surface area contributed by atoms with Gasteiger partial charge < -0.3 is 29.7 Å². The fourth-order valence-electron chi connectivity index (χ4n) is 6.33. The lowest BCUT2D eigenvalue weighted by Gasteiger charge is -2.35. The molecule has 2 atom stereocenters. The number of amides is 1. The monoisotopic (exact) mass is 574 g/mol. The number of carbonyl (C=O) groups excluding carboxylic acids is 1. The van der Waals surface area contributed by atoms with Gasteiger partial charge in [-0.25, -0.2) is 9.78 Å². The van der Waals surface area contributed by atoms with E-state index < -0.39 is 5.60 Å². The lowest BCUT2D eigenvalue weighted by Crippen LogP contribution is -2.44. The molecular formula is C31H42N8O3. The molecule has 3 fully saturated rings. The van der Waals surface area contributed by atoms with Gasteiger partial charge in [-0.2, -0.15) is 4.98 Å². The number of pyridine rings is 1. The summed E-state index contributed by atoms with van der Waals surface area (Å²) >= 11 is 0. The number of aromatic nitrogens is 3. The van der Waals surface area contributed by atoms with E-state index in [2.05, 4.69) is 44.2 Å². The molecule has 0 bridgehead atoms. The third kappa shape index (κ3) is 5.88. The largest absolute Gasteiger partial charge is 0.444 e. The van der Waals surface area contributed by atoms with Crippen LogP contribution in [0.3, 0.4) is 0 Å². The van der Waals surface area contributed by atoms with Gasteiger partial charge >= 0.3 is 6.09 Å². The first kappa shape index (κ1) is 28.3. The molecule has 224 valence electrons. The zero-order valence-corrected chi connectivity index (χ0v) is 25.3. The number of fused-ring (bicyclic) bond motifs is 2. The number of benzene rings is 1. The maximum Gasteiger partial charge on any atom is 0.410 e. The van der Waals surface area contributed by atoms with Crippen LogP contribution in [0, 0.1) is 11.8 Å². The number of nitrogens with one attached hydrogen (secondary N) is 1. The Morgan fingerprint density at radius 1 is 0.952 bits per heavy atom. The van der Waals surface area contributed by atoms with Crippen LogP contribution >= 0.6 is 0 Å². The average Bonchev–Trinajstić information content (AvgIpc) is 3.39. The lowest BCUT2D eigenvalue weighted by atomic mass is 9.88. The van der Waals surface area contributed by atoms with E-state index in [1.165, 1.54) is 5.69 Å². The highest BCUT2D eigenvalue weighted by Crippen LogP contribution is 2.34. The highest BCUT2D eigenvalue weighted by molar-refractivity contribution is 5.80. The Morgan fingerprint density at radius 2 is 1.67 bits per heavy atom. The molecule has 2 aromatic heterocycles. The Hall–Kier alpha value is -3.86. The highest BCUT2D eigenvalue weighted by Gasteiger charge is 2.40. The number of ether oxygens (including phenoxy) is 1. The van der Waals surface area contributed by atoms with Crippen molar-refractivity contribution in [3.63, 3.8) is 0 Å². The number of anilines is 4. The third-order valence-electron chi connectivity index (χ3n) is 8.72. The fourth-order valence-corrected chi connectivity index (χ4v) is 6.33. The summed E-state index contributed by atoms with van der Waals surface area (Å²) < 4.78 is 7.21. The molecule has 3 aliphatic heterocycles. The molecule has 1 N–H and O–H groups in total. The predicted molar refractivity (Wildman–Crippen MR) is 166 cm³/mol. The van der Waals surface area contributed by atoms with E-state index in [0.717, 1.165) is 56.8 Å². The minimum atomic E-state index is -0.513. The number of hydrogen-bond acceptors (Lipinski definition) is 9. The maximum atomic E-state index is 13.5. The standard InChI is InChI=1S/C31H42N8O3/c1-31(2,3)42-30(41)39-18-21-10-11-38(19-23(21)20-39)26-16-22-17-32-29(34-27(22)36(5)28(26)40)33-24-6-8-25(9-7-24)37-14-12-35(4)13-15-37/h6-9,16-17,21,23H,10-15,18-20H2,1-5H3,(H,32,33,34)/t21?,23-/m1/s1. The second-order valence-corrected chi connectivity index (χ2v) is 13.0. The molecule has 0 spiro atoms. The van der Waals surface area contributed by atoms with E-state index in [4.69, 9.17) is 9.72 Å². The predicted octanol–water partition coefficient (Wildman–Crippen LogP) is 3.52. The van der Waals surface area contributed by atoms with Gasteiger partial charge in [-0.15, -0.1) is 0 Å². The SMILES string of the molecule is CN1CCN(c2ccc(Nc3ncc4cc(N5CCC6CN(C(=O)OC(C)(C)C)C[C@H]6C5)c(=O)n(C)c4n3)cc2)CC1. The van der Waals surface area contributed by atoms with Crippen molar-refractivity contribution in [2.75, 3.05) is 74.5 Å². The van der Waals surface area contributed by atoms with Crippen LogP contribution < -0.4 is 20.7 Å². The Kier molecular flexibility index (Phi) is 7.46. The van der Waals surface area contributed by atoms with E-state index in [1.54, 1.807) is 17.8 Å². The Labute approximate surface area is 247 Å². The summed E-state index contributed by atoms with van der Waals surface area (Å²) in [6.07, 6.45) is 2.45. The van der Waals surface area contributed by atoms with Gasteiger partial charge in [0, 0.05) is 82.4 Å². The summed E-state index contributed by atoms with van der Waals surface area (Å²) in [5, 5.41) is 4.11. The first-order valence-electron chi connectivity index (χ1n) is 14.9. The van der Waals surface area contributed by atoms with Gasteiger partial charge in [0.15, 0.2) is 0 Å². The molecule has 0 radical (unpaired) electrons. The molecule has 11 heteroatoms. The van der Waals surface area contributed by atoms with Gasteiger partial charge in [0.1, 0.15) is 16.9 Å². The molecule has 0 aliphatic carbocycles. The summed E-state index contributed by atoms with van der Waals surface area (Å²) in [5.74, 6) is 1.18.